The van der Waals surface area contributed by atoms with E-state index in [2.05, 4.69) is 57.3 Å². The summed E-state index contributed by atoms with van der Waals surface area (Å²) in [5.41, 5.74) is 6.37. The number of pyridine rings is 1. The monoisotopic (exact) mass is 775 g/mol. The molecule has 2 saturated heterocycles. The van der Waals surface area contributed by atoms with Gasteiger partial charge in [-0.15, -0.1) is 0 Å². The van der Waals surface area contributed by atoms with Crippen LogP contribution in [0.25, 0.3) is 11.3 Å². The number of anilines is 5. The van der Waals surface area contributed by atoms with Crippen LogP contribution in [-0.2, 0) is 42.6 Å². The number of nitrogens with one attached hydrogen (secondary N) is 2. The molecule has 300 valence electrons. The standard InChI is InChI=1S/C43H53N9O5/c1-6-38(54)46-33-22-29(7-8-35(33)50-16-15-49(14-10-27(50)2)30-11-19-57-20-12-30)45-39-42(56)48(5)25-34(47-39)31-9-13-44-40(32(31)26-53)52-18-17-51-36(41(52)55)21-28-23-43(3,4)24-37(28)51/h6-9,13,21-22,25,27,30,53H,1,10-12,14-20,23-24,26H2,2-5H3,(H,45,47)(H,46,54). The molecule has 1 aliphatic carbocycles. The highest BCUT2D eigenvalue weighted by molar-refractivity contribution is 6.06. The number of hydrogen-bond donors (Lipinski definition) is 3. The highest BCUT2D eigenvalue weighted by atomic mass is 16.5. The lowest BCUT2D eigenvalue weighted by molar-refractivity contribution is -0.111. The van der Waals surface area contributed by atoms with E-state index in [1.54, 1.807) is 30.4 Å². The first kappa shape index (κ1) is 38.6. The van der Waals surface area contributed by atoms with E-state index < -0.39 is 6.61 Å². The van der Waals surface area contributed by atoms with Crippen molar-refractivity contribution in [3.05, 3.63) is 88.2 Å². The van der Waals surface area contributed by atoms with E-state index in [-0.39, 0.29) is 34.6 Å². The quantitative estimate of drug-likeness (QED) is 0.201. The predicted molar refractivity (Wildman–Crippen MR) is 221 cm³/mol. The zero-order valence-corrected chi connectivity index (χ0v) is 33.4. The van der Waals surface area contributed by atoms with Crippen molar-refractivity contribution < 1.29 is 19.4 Å². The average molecular weight is 776 g/mol. The molecule has 2 amide bonds. The molecule has 3 N–H and O–H groups in total. The first-order valence-corrected chi connectivity index (χ1v) is 20.1. The summed E-state index contributed by atoms with van der Waals surface area (Å²) in [6.45, 7) is 15.3. The van der Waals surface area contributed by atoms with Crippen LogP contribution in [0.5, 0.6) is 0 Å². The molecule has 1 unspecified atom stereocenters. The van der Waals surface area contributed by atoms with Gasteiger partial charge in [0.05, 0.1) is 23.7 Å². The van der Waals surface area contributed by atoms with Crippen LogP contribution < -0.4 is 26.0 Å². The lowest BCUT2D eigenvalue weighted by Crippen LogP contribution is -2.41. The van der Waals surface area contributed by atoms with E-state index in [4.69, 9.17) is 9.72 Å². The first-order chi connectivity index (χ1) is 27.4. The fourth-order valence-electron chi connectivity index (χ4n) is 9.18. The molecule has 14 nitrogen and oxygen atoms in total. The van der Waals surface area contributed by atoms with E-state index in [1.165, 1.54) is 21.9 Å². The second-order valence-electron chi connectivity index (χ2n) is 16.6. The maximum absolute atomic E-state index is 14.0. The average Bonchev–Trinajstić information content (AvgIpc) is 3.61. The Bertz CT molecular complexity index is 2270. The van der Waals surface area contributed by atoms with Crippen LogP contribution in [0.3, 0.4) is 0 Å². The minimum absolute atomic E-state index is 0.0607. The summed E-state index contributed by atoms with van der Waals surface area (Å²) < 4.78 is 9.20. The summed E-state index contributed by atoms with van der Waals surface area (Å²) in [4.78, 5) is 56.2. The molecule has 1 aromatic carbocycles. The molecule has 4 aliphatic rings. The number of aromatic nitrogens is 4. The SMILES string of the molecule is C=CC(=O)Nc1cc(Nc2nc(-c3ccnc(N4CCn5c(cc6c5CC(C)(C)C6)C4=O)c3CO)cn(C)c2=O)ccc1N1CCN(C2CCOCC2)CCC1C. The molecule has 14 heteroatoms. The number of fused-ring (bicyclic) bond motifs is 3. The molecular weight excluding hydrogens is 723 g/mol. The minimum atomic E-state index is -0.392. The number of carbonyl (C=O) groups is 2. The summed E-state index contributed by atoms with van der Waals surface area (Å²) in [7, 11) is 1.64. The van der Waals surface area contributed by atoms with Crippen LogP contribution in [0.2, 0.25) is 0 Å². The van der Waals surface area contributed by atoms with Crippen LogP contribution in [-0.4, -0.2) is 92.4 Å². The number of aliphatic hydroxyl groups excluding tert-OH is 1. The Morgan fingerprint density at radius 3 is 2.63 bits per heavy atom. The smallest absolute Gasteiger partial charge is 0.293 e. The third-order valence-corrected chi connectivity index (χ3v) is 12.1. The van der Waals surface area contributed by atoms with Crippen LogP contribution in [0, 0.1) is 5.41 Å². The third-order valence-electron chi connectivity index (χ3n) is 12.1. The van der Waals surface area contributed by atoms with Gasteiger partial charge in [-0.25, -0.2) is 9.97 Å². The largest absolute Gasteiger partial charge is 0.392 e. The summed E-state index contributed by atoms with van der Waals surface area (Å²) >= 11 is 0. The number of carbonyl (C=O) groups excluding carboxylic acids is 2. The van der Waals surface area contributed by atoms with Gasteiger partial charge < -0.3 is 34.5 Å². The molecule has 3 aromatic heterocycles. The summed E-state index contributed by atoms with van der Waals surface area (Å²) in [5, 5.41) is 17.0. The Morgan fingerprint density at radius 1 is 1.05 bits per heavy atom. The maximum Gasteiger partial charge on any atom is 0.293 e. The van der Waals surface area contributed by atoms with Gasteiger partial charge in [-0.1, -0.05) is 20.4 Å². The van der Waals surface area contributed by atoms with E-state index in [0.29, 0.717) is 58.8 Å². The van der Waals surface area contributed by atoms with Crippen molar-refractivity contribution in [2.45, 2.75) is 78.1 Å². The van der Waals surface area contributed by atoms with Gasteiger partial charge in [0.2, 0.25) is 5.91 Å². The van der Waals surface area contributed by atoms with Gasteiger partial charge in [0.1, 0.15) is 11.5 Å². The van der Waals surface area contributed by atoms with Gasteiger partial charge in [-0.2, -0.15) is 0 Å². The minimum Gasteiger partial charge on any atom is -0.392 e. The number of rotatable bonds is 9. The molecular formula is C43H53N9O5. The predicted octanol–water partition coefficient (Wildman–Crippen LogP) is 4.87. The highest BCUT2D eigenvalue weighted by Crippen LogP contribution is 2.40. The number of nitrogens with zero attached hydrogens (tertiary/aromatic N) is 7. The molecule has 6 heterocycles. The normalized spacial score (nSPS) is 19.9. The van der Waals surface area contributed by atoms with Crippen molar-refractivity contribution in [2.24, 2.45) is 12.5 Å². The van der Waals surface area contributed by atoms with Gasteiger partial charge in [0, 0.05) is 100.0 Å². The Labute approximate surface area is 333 Å². The molecule has 57 heavy (non-hydrogen) atoms. The van der Waals surface area contributed by atoms with Crippen molar-refractivity contribution in [3.8, 4) is 11.3 Å². The number of benzene rings is 1. The lowest BCUT2D eigenvalue weighted by Gasteiger charge is -2.33. The van der Waals surface area contributed by atoms with Crippen LogP contribution in [0.15, 0.2) is 60.2 Å². The van der Waals surface area contributed by atoms with Crippen molar-refractivity contribution in [2.75, 3.05) is 59.8 Å². The second kappa shape index (κ2) is 15.6. The first-order valence-electron chi connectivity index (χ1n) is 20.1. The maximum atomic E-state index is 14.0. The van der Waals surface area contributed by atoms with Crippen molar-refractivity contribution >= 4 is 40.5 Å². The number of aryl methyl sites for hydroxylation is 1. The van der Waals surface area contributed by atoms with E-state index >= 15 is 0 Å². The van der Waals surface area contributed by atoms with Gasteiger partial charge in [-0.05, 0) is 86.4 Å². The van der Waals surface area contributed by atoms with Crippen LogP contribution in [0.4, 0.5) is 28.7 Å². The molecule has 3 aliphatic heterocycles. The van der Waals surface area contributed by atoms with Crippen molar-refractivity contribution in [1.82, 2.24) is 24.0 Å². The van der Waals surface area contributed by atoms with Crippen LogP contribution >= 0.6 is 0 Å². The Morgan fingerprint density at radius 2 is 1.86 bits per heavy atom. The summed E-state index contributed by atoms with van der Waals surface area (Å²) in [6.07, 6.45) is 9.39. The summed E-state index contributed by atoms with van der Waals surface area (Å²) in [6, 6.07) is 10.2. The zero-order chi connectivity index (χ0) is 40.0. The lowest BCUT2D eigenvalue weighted by atomic mass is 9.90. The molecule has 4 aromatic rings. The number of amides is 2. The molecule has 0 spiro atoms. The van der Waals surface area contributed by atoms with Crippen molar-refractivity contribution in [1.29, 1.82) is 0 Å². The van der Waals surface area contributed by atoms with Gasteiger partial charge in [0.25, 0.3) is 11.5 Å². The fraction of sp³-hybridized carbons (Fsp3) is 0.465. The topological polar surface area (TPSA) is 150 Å². The van der Waals surface area contributed by atoms with Gasteiger partial charge in [-0.3, -0.25) is 24.2 Å². The van der Waals surface area contributed by atoms with Gasteiger partial charge >= 0.3 is 0 Å². The Balaban J connectivity index is 1.08. The zero-order valence-electron chi connectivity index (χ0n) is 33.4. The Kier molecular flexibility index (Phi) is 10.5. The van der Waals surface area contributed by atoms with E-state index in [9.17, 15) is 19.5 Å². The molecule has 0 radical (unpaired) electrons. The summed E-state index contributed by atoms with van der Waals surface area (Å²) in [5.74, 6) is -0.0627. The van der Waals surface area contributed by atoms with Crippen LogP contribution in [0.1, 0.15) is 67.3 Å². The second-order valence-corrected chi connectivity index (χ2v) is 16.6. The van der Waals surface area contributed by atoms with E-state index in [0.717, 1.165) is 70.6 Å². The third kappa shape index (κ3) is 7.49. The highest BCUT2D eigenvalue weighted by Gasteiger charge is 2.38. The molecule has 0 saturated carbocycles. The fourth-order valence-corrected chi connectivity index (χ4v) is 9.18. The molecule has 2 fully saturated rings. The Hall–Kier alpha value is -5.31. The van der Waals surface area contributed by atoms with Gasteiger partial charge in [0.15, 0.2) is 5.82 Å². The number of aliphatic hydroxyl groups is 1. The molecule has 1 atom stereocenters. The number of hydrogen-bond acceptors (Lipinski definition) is 10. The molecule has 0 bridgehead atoms. The van der Waals surface area contributed by atoms with E-state index in [1.807, 2.05) is 24.3 Å². The molecule has 8 rings (SSSR count). The van der Waals surface area contributed by atoms with Crippen molar-refractivity contribution in [3.63, 3.8) is 0 Å². The number of ether oxygens (including phenoxy) is 1.